The number of aryl methyl sites for hydroxylation is 2. The first kappa shape index (κ1) is 14.4. The fraction of sp³-hybridized carbons (Fsp3) is 0.462. The van der Waals surface area contributed by atoms with Crippen LogP contribution in [0.25, 0.3) is 0 Å². The molecule has 0 fully saturated rings. The summed E-state index contributed by atoms with van der Waals surface area (Å²) < 4.78 is 1.66. The van der Waals surface area contributed by atoms with Gasteiger partial charge in [0.15, 0.2) is 5.82 Å². The molecule has 7 nitrogen and oxygen atoms in total. The highest BCUT2D eigenvalue weighted by molar-refractivity contribution is 5.40. The maximum atomic E-state index is 9.99. The lowest BCUT2D eigenvalue weighted by molar-refractivity contribution is 0.278. The molecule has 108 valence electrons. The SMILES string of the molecule is Cc1ncc(CO)c(CNCCc2ncn(C)n2)c1O. The third-order valence-corrected chi connectivity index (χ3v) is 3.07. The molecule has 0 aliphatic heterocycles. The van der Waals surface area contributed by atoms with Crippen LogP contribution in [0.4, 0.5) is 0 Å². The van der Waals surface area contributed by atoms with Crippen molar-refractivity contribution in [3.8, 4) is 5.75 Å². The zero-order chi connectivity index (χ0) is 14.5. The zero-order valence-corrected chi connectivity index (χ0v) is 11.7. The number of hydrogen-bond donors (Lipinski definition) is 3. The van der Waals surface area contributed by atoms with Gasteiger partial charge in [-0.05, 0) is 6.92 Å². The smallest absolute Gasteiger partial charge is 0.151 e. The molecule has 0 radical (unpaired) electrons. The Morgan fingerprint density at radius 1 is 1.35 bits per heavy atom. The number of hydrogen-bond acceptors (Lipinski definition) is 6. The minimum atomic E-state index is -0.139. The molecule has 0 bridgehead atoms. The van der Waals surface area contributed by atoms with E-state index in [-0.39, 0.29) is 12.4 Å². The lowest BCUT2D eigenvalue weighted by Gasteiger charge is -2.11. The summed E-state index contributed by atoms with van der Waals surface area (Å²) in [4.78, 5) is 8.17. The predicted octanol–water partition coefficient (Wildman–Crippen LogP) is 0.0487. The number of aliphatic hydroxyl groups excluding tert-OH is 1. The Balaban J connectivity index is 1.92. The van der Waals surface area contributed by atoms with Gasteiger partial charge in [0.25, 0.3) is 0 Å². The molecule has 0 aliphatic carbocycles. The first-order valence-corrected chi connectivity index (χ1v) is 6.44. The van der Waals surface area contributed by atoms with Crippen molar-refractivity contribution < 1.29 is 10.2 Å². The summed E-state index contributed by atoms with van der Waals surface area (Å²) in [6, 6.07) is 0. The van der Waals surface area contributed by atoms with Crippen LogP contribution in [0.2, 0.25) is 0 Å². The van der Waals surface area contributed by atoms with Crippen LogP contribution >= 0.6 is 0 Å². The Hall–Kier alpha value is -1.99. The number of aromatic nitrogens is 4. The van der Waals surface area contributed by atoms with Crippen molar-refractivity contribution in [2.45, 2.75) is 26.5 Å². The van der Waals surface area contributed by atoms with E-state index in [1.165, 1.54) is 0 Å². The van der Waals surface area contributed by atoms with Gasteiger partial charge in [0.2, 0.25) is 0 Å². The van der Waals surface area contributed by atoms with Gasteiger partial charge in [0, 0.05) is 43.9 Å². The number of rotatable bonds is 6. The molecule has 0 saturated carbocycles. The molecule has 0 amide bonds. The Morgan fingerprint density at radius 3 is 2.80 bits per heavy atom. The molecule has 0 spiro atoms. The van der Waals surface area contributed by atoms with Gasteiger partial charge in [-0.1, -0.05) is 0 Å². The molecule has 20 heavy (non-hydrogen) atoms. The molecule has 0 atom stereocenters. The number of aliphatic hydroxyl groups is 1. The van der Waals surface area contributed by atoms with Crippen LogP contribution in [0, 0.1) is 6.92 Å². The molecule has 0 saturated heterocycles. The van der Waals surface area contributed by atoms with E-state index in [9.17, 15) is 10.2 Å². The standard InChI is InChI=1S/C13H19N5O2/c1-9-13(20)11(10(7-19)5-15-9)6-14-4-3-12-16-8-18(2)17-12/h5,8,14,19-20H,3-4,6-7H2,1-2H3. The topological polar surface area (TPSA) is 96.1 Å². The lowest BCUT2D eigenvalue weighted by Crippen LogP contribution is -2.19. The zero-order valence-electron chi connectivity index (χ0n) is 11.7. The van der Waals surface area contributed by atoms with Gasteiger partial charge in [-0.25, -0.2) is 4.98 Å². The highest BCUT2D eigenvalue weighted by Gasteiger charge is 2.10. The van der Waals surface area contributed by atoms with Crippen LogP contribution in [0.1, 0.15) is 22.6 Å². The van der Waals surface area contributed by atoms with E-state index in [2.05, 4.69) is 20.4 Å². The number of nitrogens with zero attached hydrogens (tertiary/aromatic N) is 4. The molecule has 2 aromatic heterocycles. The molecule has 0 unspecified atom stereocenters. The number of nitrogens with one attached hydrogen (secondary N) is 1. The lowest BCUT2D eigenvalue weighted by atomic mass is 10.1. The Bertz CT molecular complexity index is 582. The normalized spacial score (nSPS) is 10.9. The summed E-state index contributed by atoms with van der Waals surface area (Å²) in [5.74, 6) is 0.914. The highest BCUT2D eigenvalue weighted by atomic mass is 16.3. The number of aromatic hydroxyl groups is 1. The molecule has 0 aliphatic rings. The van der Waals surface area contributed by atoms with Gasteiger partial charge in [0.05, 0.1) is 12.3 Å². The van der Waals surface area contributed by atoms with E-state index in [1.807, 2.05) is 7.05 Å². The Kier molecular flexibility index (Phi) is 4.65. The van der Waals surface area contributed by atoms with E-state index in [0.717, 1.165) is 5.82 Å². The molecule has 7 heteroatoms. The number of pyridine rings is 1. The second-order valence-corrected chi connectivity index (χ2v) is 4.62. The van der Waals surface area contributed by atoms with Crippen LogP contribution in [0.15, 0.2) is 12.5 Å². The molecule has 2 heterocycles. The van der Waals surface area contributed by atoms with E-state index in [4.69, 9.17) is 0 Å². The van der Waals surface area contributed by atoms with Crippen molar-refractivity contribution in [2.24, 2.45) is 7.05 Å². The van der Waals surface area contributed by atoms with Crippen molar-refractivity contribution in [1.82, 2.24) is 25.1 Å². The van der Waals surface area contributed by atoms with Crippen molar-refractivity contribution in [1.29, 1.82) is 0 Å². The molecule has 2 rings (SSSR count). The van der Waals surface area contributed by atoms with E-state index < -0.39 is 0 Å². The van der Waals surface area contributed by atoms with E-state index in [0.29, 0.717) is 36.3 Å². The largest absolute Gasteiger partial charge is 0.506 e. The third-order valence-electron chi connectivity index (χ3n) is 3.07. The molecular formula is C13H19N5O2. The average molecular weight is 277 g/mol. The van der Waals surface area contributed by atoms with Gasteiger partial charge >= 0.3 is 0 Å². The molecule has 2 aromatic rings. The summed E-state index contributed by atoms with van der Waals surface area (Å²) in [7, 11) is 1.83. The Morgan fingerprint density at radius 2 is 2.15 bits per heavy atom. The summed E-state index contributed by atoms with van der Waals surface area (Å²) >= 11 is 0. The molecule has 0 aromatic carbocycles. The minimum Gasteiger partial charge on any atom is -0.506 e. The van der Waals surface area contributed by atoms with Crippen LogP contribution in [0.5, 0.6) is 5.75 Å². The van der Waals surface area contributed by atoms with Crippen LogP contribution in [-0.2, 0) is 26.6 Å². The fourth-order valence-electron chi connectivity index (χ4n) is 1.93. The van der Waals surface area contributed by atoms with Crippen molar-refractivity contribution in [2.75, 3.05) is 6.54 Å². The summed E-state index contributed by atoms with van der Waals surface area (Å²) in [5.41, 5.74) is 1.89. The minimum absolute atomic E-state index is 0.139. The van der Waals surface area contributed by atoms with Crippen molar-refractivity contribution in [3.63, 3.8) is 0 Å². The van der Waals surface area contributed by atoms with Crippen LogP contribution in [-0.4, -0.2) is 36.5 Å². The molecular weight excluding hydrogens is 258 g/mol. The van der Waals surface area contributed by atoms with Gasteiger partial charge < -0.3 is 15.5 Å². The maximum Gasteiger partial charge on any atom is 0.151 e. The highest BCUT2D eigenvalue weighted by Crippen LogP contribution is 2.23. The summed E-state index contributed by atoms with van der Waals surface area (Å²) in [6.45, 7) is 2.76. The predicted molar refractivity (Wildman–Crippen MR) is 73.0 cm³/mol. The summed E-state index contributed by atoms with van der Waals surface area (Å²) in [6.07, 6.45) is 3.96. The maximum absolute atomic E-state index is 9.99. The van der Waals surface area contributed by atoms with Gasteiger partial charge in [-0.2, -0.15) is 5.10 Å². The van der Waals surface area contributed by atoms with Crippen molar-refractivity contribution >= 4 is 0 Å². The van der Waals surface area contributed by atoms with Gasteiger partial charge in [0.1, 0.15) is 12.1 Å². The summed E-state index contributed by atoms with van der Waals surface area (Å²) in [5, 5.41) is 26.7. The quantitative estimate of drug-likeness (QED) is 0.646. The second-order valence-electron chi connectivity index (χ2n) is 4.62. The monoisotopic (exact) mass is 277 g/mol. The first-order valence-electron chi connectivity index (χ1n) is 6.44. The van der Waals surface area contributed by atoms with E-state index >= 15 is 0 Å². The van der Waals surface area contributed by atoms with Gasteiger partial charge in [-0.15, -0.1) is 0 Å². The first-order chi connectivity index (χ1) is 9.61. The average Bonchev–Trinajstić information content (AvgIpc) is 2.85. The Labute approximate surface area is 117 Å². The van der Waals surface area contributed by atoms with Gasteiger partial charge in [-0.3, -0.25) is 9.67 Å². The fourth-order valence-corrected chi connectivity index (χ4v) is 1.93. The third kappa shape index (κ3) is 3.31. The van der Waals surface area contributed by atoms with Crippen molar-refractivity contribution in [3.05, 3.63) is 35.2 Å². The van der Waals surface area contributed by atoms with Crippen LogP contribution < -0.4 is 5.32 Å². The van der Waals surface area contributed by atoms with E-state index in [1.54, 1.807) is 24.1 Å². The van der Waals surface area contributed by atoms with Crippen LogP contribution in [0.3, 0.4) is 0 Å². The second kappa shape index (κ2) is 6.44. The molecule has 3 N–H and O–H groups in total.